The van der Waals surface area contributed by atoms with E-state index in [4.69, 9.17) is 17.1 Å². The van der Waals surface area contributed by atoms with E-state index in [-0.39, 0.29) is 6.54 Å². The van der Waals surface area contributed by atoms with Crippen LogP contribution >= 0.6 is 27.5 Å². The van der Waals surface area contributed by atoms with Crippen molar-refractivity contribution in [2.45, 2.75) is 6.54 Å². The zero-order chi connectivity index (χ0) is 8.97. The summed E-state index contributed by atoms with van der Waals surface area (Å²) in [4.78, 5) is 2.65. The smallest absolute Gasteiger partial charge is 0.0525 e. The standard InChI is InChI=1S/C7H5BrClN3/c8-6-1-2-7(9)5(3-6)4-11-12-10/h1-3H,4H2. The SMILES string of the molecule is [N-]=[N+]=NCc1cc(Br)ccc1Cl. The molecule has 3 nitrogen and oxygen atoms in total. The van der Waals surface area contributed by atoms with Crippen LogP contribution in [0.2, 0.25) is 5.02 Å². The van der Waals surface area contributed by atoms with Crippen LogP contribution in [-0.2, 0) is 6.54 Å². The molecule has 0 heterocycles. The molecular weight excluding hydrogens is 241 g/mol. The van der Waals surface area contributed by atoms with E-state index in [1.54, 1.807) is 6.07 Å². The largest absolute Gasteiger partial charge is 0.0892 e. The van der Waals surface area contributed by atoms with Crippen LogP contribution in [0.25, 0.3) is 10.4 Å². The molecule has 0 aliphatic carbocycles. The third kappa shape index (κ3) is 2.41. The Morgan fingerprint density at radius 3 is 3.00 bits per heavy atom. The molecule has 0 saturated heterocycles. The minimum atomic E-state index is 0.286. The lowest BCUT2D eigenvalue weighted by Crippen LogP contribution is -1.81. The number of azide groups is 1. The number of hydrogen-bond acceptors (Lipinski definition) is 1. The van der Waals surface area contributed by atoms with Crippen molar-refractivity contribution in [1.29, 1.82) is 0 Å². The molecule has 0 aromatic heterocycles. The van der Waals surface area contributed by atoms with E-state index in [9.17, 15) is 0 Å². The highest BCUT2D eigenvalue weighted by Gasteiger charge is 1.98. The second-order valence-corrected chi connectivity index (χ2v) is 3.45. The molecule has 0 unspecified atom stereocenters. The Morgan fingerprint density at radius 1 is 1.58 bits per heavy atom. The summed E-state index contributed by atoms with van der Waals surface area (Å²) in [6, 6.07) is 5.42. The molecule has 0 spiro atoms. The monoisotopic (exact) mass is 245 g/mol. The fourth-order valence-electron chi connectivity index (χ4n) is 0.772. The number of nitrogens with zero attached hydrogens (tertiary/aromatic N) is 3. The normalized spacial score (nSPS) is 9.17. The summed E-state index contributed by atoms with van der Waals surface area (Å²) in [5.41, 5.74) is 8.91. The third-order valence-electron chi connectivity index (χ3n) is 1.31. The molecule has 0 saturated carbocycles. The minimum absolute atomic E-state index is 0.286. The lowest BCUT2D eigenvalue weighted by Gasteiger charge is -1.99. The van der Waals surface area contributed by atoms with Crippen molar-refractivity contribution in [2.24, 2.45) is 5.11 Å². The lowest BCUT2D eigenvalue weighted by molar-refractivity contribution is 1.05. The van der Waals surface area contributed by atoms with Crippen LogP contribution in [0.15, 0.2) is 27.8 Å². The van der Waals surface area contributed by atoms with Gasteiger partial charge in [-0.1, -0.05) is 32.6 Å². The first-order valence-electron chi connectivity index (χ1n) is 3.19. The van der Waals surface area contributed by atoms with Gasteiger partial charge in [-0.15, -0.1) is 0 Å². The van der Waals surface area contributed by atoms with E-state index in [2.05, 4.69) is 26.0 Å². The third-order valence-corrected chi connectivity index (χ3v) is 2.17. The minimum Gasteiger partial charge on any atom is -0.0892 e. The Kier molecular flexibility index (Phi) is 3.41. The number of benzene rings is 1. The van der Waals surface area contributed by atoms with Gasteiger partial charge in [0, 0.05) is 14.4 Å². The van der Waals surface area contributed by atoms with E-state index >= 15 is 0 Å². The fourth-order valence-corrected chi connectivity index (χ4v) is 1.36. The van der Waals surface area contributed by atoms with Crippen LogP contribution in [0.1, 0.15) is 5.56 Å². The quantitative estimate of drug-likeness (QED) is 0.431. The van der Waals surface area contributed by atoms with Crippen molar-refractivity contribution in [3.05, 3.63) is 43.7 Å². The molecule has 0 radical (unpaired) electrons. The highest BCUT2D eigenvalue weighted by molar-refractivity contribution is 9.10. The van der Waals surface area contributed by atoms with Crippen LogP contribution in [-0.4, -0.2) is 0 Å². The lowest BCUT2D eigenvalue weighted by atomic mass is 10.2. The van der Waals surface area contributed by atoms with E-state index in [1.807, 2.05) is 12.1 Å². The first-order chi connectivity index (χ1) is 5.74. The first kappa shape index (κ1) is 9.39. The highest BCUT2D eigenvalue weighted by atomic mass is 79.9. The molecule has 0 aliphatic heterocycles. The number of hydrogen-bond donors (Lipinski definition) is 0. The Labute approximate surface area is 83.1 Å². The van der Waals surface area contributed by atoms with Crippen molar-refractivity contribution in [3.63, 3.8) is 0 Å². The first-order valence-corrected chi connectivity index (χ1v) is 4.36. The molecular formula is C7H5BrClN3. The molecule has 1 aromatic carbocycles. The maximum atomic E-state index is 8.09. The Bertz CT molecular complexity index is 333. The summed E-state index contributed by atoms with van der Waals surface area (Å²) in [6.45, 7) is 0.286. The van der Waals surface area contributed by atoms with Crippen molar-refractivity contribution in [3.8, 4) is 0 Å². The highest BCUT2D eigenvalue weighted by Crippen LogP contribution is 2.21. The van der Waals surface area contributed by atoms with Crippen molar-refractivity contribution >= 4 is 27.5 Å². The molecule has 0 bridgehead atoms. The predicted octanol–water partition coefficient (Wildman–Crippen LogP) is 3.91. The maximum absolute atomic E-state index is 8.09. The zero-order valence-corrected chi connectivity index (χ0v) is 8.38. The average Bonchev–Trinajstić information content (AvgIpc) is 2.07. The number of halogens is 2. The van der Waals surface area contributed by atoms with Crippen LogP contribution in [0.3, 0.4) is 0 Å². The van der Waals surface area contributed by atoms with Gasteiger partial charge in [-0.25, -0.2) is 0 Å². The fraction of sp³-hybridized carbons (Fsp3) is 0.143. The van der Waals surface area contributed by atoms with Gasteiger partial charge >= 0.3 is 0 Å². The van der Waals surface area contributed by atoms with Gasteiger partial charge in [0.25, 0.3) is 0 Å². The van der Waals surface area contributed by atoms with Gasteiger partial charge in [-0.2, -0.15) is 0 Å². The van der Waals surface area contributed by atoms with Crippen molar-refractivity contribution in [2.75, 3.05) is 0 Å². The summed E-state index contributed by atoms with van der Waals surface area (Å²) >= 11 is 9.12. The number of rotatable bonds is 2. The summed E-state index contributed by atoms with van der Waals surface area (Å²) in [5, 5.41) is 4.04. The van der Waals surface area contributed by atoms with Gasteiger partial charge in [0.1, 0.15) is 0 Å². The van der Waals surface area contributed by atoms with E-state index in [0.717, 1.165) is 10.0 Å². The van der Waals surface area contributed by atoms with Crippen LogP contribution in [0.5, 0.6) is 0 Å². The maximum Gasteiger partial charge on any atom is 0.0525 e. The average molecular weight is 246 g/mol. The Balaban J connectivity index is 2.96. The molecule has 1 rings (SSSR count). The van der Waals surface area contributed by atoms with Crippen LogP contribution in [0, 0.1) is 0 Å². The second-order valence-electron chi connectivity index (χ2n) is 2.12. The van der Waals surface area contributed by atoms with Crippen LogP contribution < -0.4 is 0 Å². The Hall–Kier alpha value is -0.700. The van der Waals surface area contributed by atoms with E-state index < -0.39 is 0 Å². The second kappa shape index (κ2) is 4.36. The summed E-state index contributed by atoms with van der Waals surface area (Å²) in [5.74, 6) is 0. The summed E-state index contributed by atoms with van der Waals surface area (Å²) in [7, 11) is 0. The Morgan fingerprint density at radius 2 is 2.33 bits per heavy atom. The van der Waals surface area contributed by atoms with Gasteiger partial charge < -0.3 is 0 Å². The predicted molar refractivity (Wildman–Crippen MR) is 52.0 cm³/mol. The molecule has 62 valence electrons. The van der Waals surface area contributed by atoms with Crippen molar-refractivity contribution < 1.29 is 0 Å². The molecule has 12 heavy (non-hydrogen) atoms. The van der Waals surface area contributed by atoms with Gasteiger partial charge in [0.05, 0.1) is 6.54 Å². The van der Waals surface area contributed by atoms with Gasteiger partial charge in [-0.3, -0.25) is 0 Å². The zero-order valence-electron chi connectivity index (χ0n) is 6.04. The molecule has 0 aliphatic rings. The molecule has 0 atom stereocenters. The molecule has 0 N–H and O–H groups in total. The topological polar surface area (TPSA) is 48.8 Å². The van der Waals surface area contributed by atoms with Crippen molar-refractivity contribution in [1.82, 2.24) is 0 Å². The van der Waals surface area contributed by atoms with Gasteiger partial charge in [0.15, 0.2) is 0 Å². The summed E-state index contributed by atoms with van der Waals surface area (Å²) in [6.07, 6.45) is 0. The molecule has 1 aromatic rings. The molecule has 0 fully saturated rings. The van der Waals surface area contributed by atoms with E-state index in [0.29, 0.717) is 5.02 Å². The van der Waals surface area contributed by atoms with E-state index in [1.165, 1.54) is 0 Å². The molecule has 5 heteroatoms. The van der Waals surface area contributed by atoms with Gasteiger partial charge in [-0.05, 0) is 29.3 Å². The summed E-state index contributed by atoms with van der Waals surface area (Å²) < 4.78 is 0.926. The van der Waals surface area contributed by atoms with Gasteiger partial charge in [0.2, 0.25) is 0 Å². The van der Waals surface area contributed by atoms with Crippen LogP contribution in [0.4, 0.5) is 0 Å². The molecule has 0 amide bonds.